The average molecular weight is 217 g/mol. The molecule has 1 heterocycles. The summed E-state index contributed by atoms with van der Waals surface area (Å²) in [7, 11) is 4.94. The van der Waals surface area contributed by atoms with Crippen LogP contribution < -0.4 is 11.1 Å². The minimum absolute atomic E-state index is 0.383. The van der Waals surface area contributed by atoms with Gasteiger partial charge in [0.1, 0.15) is 0 Å². The van der Waals surface area contributed by atoms with Crippen LogP contribution in [0, 0.1) is 5.92 Å². The van der Waals surface area contributed by atoms with E-state index in [-0.39, 0.29) is 0 Å². The van der Waals surface area contributed by atoms with Gasteiger partial charge >= 0.3 is 0 Å². The van der Waals surface area contributed by atoms with Crippen LogP contribution in [0.1, 0.15) is 13.3 Å². The maximum absolute atomic E-state index is 6.16. The van der Waals surface area contributed by atoms with E-state index in [9.17, 15) is 0 Å². The Morgan fingerprint density at radius 1 is 1.64 bits per heavy atom. The highest BCUT2D eigenvalue weighted by molar-refractivity contribution is 7.17. The van der Waals surface area contributed by atoms with E-state index in [0.29, 0.717) is 17.6 Å². The van der Waals surface area contributed by atoms with E-state index < -0.39 is 0 Å². The summed E-state index contributed by atoms with van der Waals surface area (Å²) >= 11 is 0. The standard InChI is InChI=1S/C10H24N3P/c1-3-13-5-4-9(11)8(7-13)10(14)6-12-2/h8-10,12H,3-7,11,14H2,1-2H3. The van der Waals surface area contributed by atoms with Crippen LogP contribution in [-0.2, 0) is 0 Å². The van der Waals surface area contributed by atoms with Crippen LogP contribution in [-0.4, -0.2) is 49.8 Å². The highest BCUT2D eigenvalue weighted by Gasteiger charge is 2.29. The van der Waals surface area contributed by atoms with Crippen molar-refractivity contribution < 1.29 is 0 Å². The van der Waals surface area contributed by atoms with Crippen LogP contribution in [0.15, 0.2) is 0 Å². The van der Waals surface area contributed by atoms with Gasteiger partial charge < -0.3 is 16.0 Å². The summed E-state index contributed by atoms with van der Waals surface area (Å²) in [6, 6.07) is 0.383. The lowest BCUT2D eigenvalue weighted by Gasteiger charge is -2.39. The summed E-state index contributed by atoms with van der Waals surface area (Å²) in [5.74, 6) is 0.626. The van der Waals surface area contributed by atoms with E-state index in [2.05, 4.69) is 26.4 Å². The SMILES string of the molecule is CCN1CCC(N)C(C(P)CNC)C1. The van der Waals surface area contributed by atoms with Gasteiger partial charge in [-0.3, -0.25) is 0 Å². The predicted octanol–water partition coefficient (Wildman–Crippen LogP) is 0.119. The van der Waals surface area contributed by atoms with Crippen LogP contribution in [0.25, 0.3) is 0 Å². The molecule has 0 aliphatic carbocycles. The van der Waals surface area contributed by atoms with Gasteiger partial charge in [-0.05, 0) is 38.1 Å². The van der Waals surface area contributed by atoms with Crippen LogP contribution in [0.3, 0.4) is 0 Å². The van der Waals surface area contributed by atoms with Gasteiger partial charge in [-0.2, -0.15) is 0 Å². The molecule has 0 radical (unpaired) electrons. The second kappa shape index (κ2) is 6.02. The summed E-state index contributed by atoms with van der Waals surface area (Å²) in [5, 5.41) is 3.22. The Morgan fingerprint density at radius 3 is 2.93 bits per heavy atom. The minimum atomic E-state index is 0.383. The molecule has 3 nitrogen and oxygen atoms in total. The normalized spacial score (nSPS) is 31.7. The fraction of sp³-hybridized carbons (Fsp3) is 1.00. The van der Waals surface area contributed by atoms with Crippen molar-refractivity contribution in [3.63, 3.8) is 0 Å². The van der Waals surface area contributed by atoms with Crippen LogP contribution in [0.4, 0.5) is 0 Å². The first kappa shape index (κ1) is 12.4. The molecule has 0 bridgehead atoms. The molecule has 4 atom stereocenters. The first-order valence-electron chi connectivity index (χ1n) is 5.57. The summed E-state index contributed by atoms with van der Waals surface area (Å²) in [4.78, 5) is 2.50. The number of hydrogen-bond donors (Lipinski definition) is 2. The molecule has 0 saturated carbocycles. The molecule has 4 unspecified atom stereocenters. The van der Waals surface area contributed by atoms with Crippen molar-refractivity contribution in [2.24, 2.45) is 11.7 Å². The van der Waals surface area contributed by atoms with Gasteiger partial charge in [-0.15, -0.1) is 9.24 Å². The number of nitrogens with two attached hydrogens (primary N) is 1. The van der Waals surface area contributed by atoms with Crippen molar-refractivity contribution in [1.82, 2.24) is 10.2 Å². The van der Waals surface area contributed by atoms with Crippen molar-refractivity contribution in [3.05, 3.63) is 0 Å². The maximum atomic E-state index is 6.16. The number of rotatable bonds is 4. The summed E-state index contributed by atoms with van der Waals surface area (Å²) in [5.41, 5.74) is 6.76. The smallest absolute Gasteiger partial charge is 0.00979 e. The molecule has 0 aromatic heterocycles. The fourth-order valence-corrected chi connectivity index (χ4v) is 2.84. The van der Waals surface area contributed by atoms with E-state index in [4.69, 9.17) is 5.73 Å². The minimum Gasteiger partial charge on any atom is -0.327 e. The third-order valence-corrected chi connectivity index (χ3v) is 3.96. The molecule has 3 N–H and O–H groups in total. The second-order valence-corrected chi connectivity index (χ2v) is 5.09. The quantitative estimate of drug-likeness (QED) is 0.657. The Kier molecular flexibility index (Phi) is 5.32. The molecular weight excluding hydrogens is 193 g/mol. The van der Waals surface area contributed by atoms with Gasteiger partial charge in [0.15, 0.2) is 0 Å². The molecule has 14 heavy (non-hydrogen) atoms. The van der Waals surface area contributed by atoms with Crippen molar-refractivity contribution in [3.8, 4) is 0 Å². The second-order valence-electron chi connectivity index (χ2n) is 4.23. The summed E-state index contributed by atoms with van der Waals surface area (Å²) in [6.07, 6.45) is 1.15. The Balaban J connectivity index is 2.46. The number of likely N-dealkylation sites (tertiary alicyclic amines) is 1. The third-order valence-electron chi connectivity index (χ3n) is 3.23. The highest BCUT2D eigenvalue weighted by Crippen LogP contribution is 2.23. The van der Waals surface area contributed by atoms with Crippen molar-refractivity contribution in [1.29, 1.82) is 0 Å². The van der Waals surface area contributed by atoms with E-state index in [1.165, 1.54) is 6.54 Å². The van der Waals surface area contributed by atoms with E-state index >= 15 is 0 Å². The van der Waals surface area contributed by atoms with Gasteiger partial charge in [-0.1, -0.05) is 6.92 Å². The van der Waals surface area contributed by atoms with E-state index in [0.717, 1.165) is 26.1 Å². The zero-order valence-electron chi connectivity index (χ0n) is 9.37. The molecular formula is C10H24N3P. The molecule has 1 fully saturated rings. The van der Waals surface area contributed by atoms with E-state index in [1.54, 1.807) is 0 Å². The van der Waals surface area contributed by atoms with E-state index in [1.807, 2.05) is 7.05 Å². The number of hydrogen-bond acceptors (Lipinski definition) is 3. The molecule has 1 aliphatic rings. The monoisotopic (exact) mass is 217 g/mol. The topological polar surface area (TPSA) is 41.3 Å². The third kappa shape index (κ3) is 3.16. The van der Waals surface area contributed by atoms with Gasteiger partial charge in [0.05, 0.1) is 0 Å². The Bertz CT molecular complexity index is 165. The average Bonchev–Trinajstić information content (AvgIpc) is 2.19. The van der Waals surface area contributed by atoms with Crippen LogP contribution >= 0.6 is 9.24 Å². The lowest BCUT2D eigenvalue weighted by Crippen LogP contribution is -2.51. The molecule has 1 aliphatic heterocycles. The van der Waals surface area contributed by atoms with Crippen molar-refractivity contribution >= 4 is 9.24 Å². The molecule has 1 saturated heterocycles. The van der Waals surface area contributed by atoms with Gasteiger partial charge in [0.25, 0.3) is 0 Å². The predicted molar refractivity (Wildman–Crippen MR) is 65.6 cm³/mol. The molecule has 0 aromatic carbocycles. The van der Waals surface area contributed by atoms with Gasteiger partial charge in [0.2, 0.25) is 0 Å². The first-order valence-corrected chi connectivity index (χ1v) is 6.23. The summed E-state index contributed by atoms with van der Waals surface area (Å²) < 4.78 is 0. The number of nitrogens with zero attached hydrogens (tertiary/aromatic N) is 1. The Hall–Kier alpha value is 0.310. The highest BCUT2D eigenvalue weighted by atomic mass is 31.0. The molecule has 0 amide bonds. The van der Waals surface area contributed by atoms with Gasteiger partial charge in [0, 0.05) is 19.1 Å². The van der Waals surface area contributed by atoms with Crippen LogP contribution in [0.2, 0.25) is 0 Å². The zero-order valence-corrected chi connectivity index (χ0v) is 10.5. The molecule has 84 valence electrons. The van der Waals surface area contributed by atoms with Crippen LogP contribution in [0.5, 0.6) is 0 Å². The van der Waals surface area contributed by atoms with Crippen molar-refractivity contribution in [2.45, 2.75) is 25.0 Å². The summed E-state index contributed by atoms with van der Waals surface area (Å²) in [6.45, 7) is 6.75. The number of piperidine rings is 1. The number of nitrogens with one attached hydrogen (secondary N) is 1. The lowest BCUT2D eigenvalue weighted by molar-refractivity contribution is 0.159. The Labute approximate surface area is 90.0 Å². The molecule has 0 aromatic rings. The molecule has 4 heteroatoms. The Morgan fingerprint density at radius 2 is 2.36 bits per heavy atom. The first-order chi connectivity index (χ1) is 6.69. The lowest BCUT2D eigenvalue weighted by atomic mass is 9.89. The van der Waals surface area contributed by atoms with Crippen molar-refractivity contribution in [2.75, 3.05) is 33.2 Å². The fourth-order valence-electron chi connectivity index (χ4n) is 2.20. The molecule has 0 spiro atoms. The molecule has 1 rings (SSSR count). The largest absolute Gasteiger partial charge is 0.327 e. The van der Waals surface area contributed by atoms with Gasteiger partial charge in [-0.25, -0.2) is 0 Å². The maximum Gasteiger partial charge on any atom is 0.00979 e. The zero-order chi connectivity index (χ0) is 10.6.